The van der Waals surface area contributed by atoms with E-state index in [9.17, 15) is 25.5 Å². The first-order valence-electron chi connectivity index (χ1n) is 7.99. The maximum atomic E-state index is 10.7. The topological polar surface area (TPSA) is 120 Å². The van der Waals surface area contributed by atoms with Crippen molar-refractivity contribution in [1.82, 2.24) is 0 Å². The molecular formula is C16H26O7. The van der Waals surface area contributed by atoms with Gasteiger partial charge in [0, 0.05) is 11.8 Å². The van der Waals surface area contributed by atoms with Gasteiger partial charge in [-0.1, -0.05) is 20.4 Å². The number of rotatable bonds is 3. The molecule has 2 bridgehead atoms. The van der Waals surface area contributed by atoms with Crippen LogP contribution in [0.4, 0.5) is 0 Å². The van der Waals surface area contributed by atoms with E-state index < -0.39 is 49.0 Å². The van der Waals surface area contributed by atoms with Crippen LogP contribution in [0.3, 0.4) is 0 Å². The average molecular weight is 330 g/mol. The zero-order valence-corrected chi connectivity index (χ0v) is 13.4. The molecule has 3 saturated carbocycles. The Morgan fingerprint density at radius 1 is 1.17 bits per heavy atom. The Morgan fingerprint density at radius 3 is 2.39 bits per heavy atom. The molecule has 0 spiro atoms. The maximum absolute atomic E-state index is 10.7. The molecule has 4 fully saturated rings. The summed E-state index contributed by atoms with van der Waals surface area (Å²) in [6.45, 7) is 7.56. The number of ether oxygens (including phenoxy) is 2. The SMILES string of the molecule is C=C1[C@@H](O[C@H]2O[C@@H](CO)[C@H](O)[C@@H](O)[C@@H]2O)C[C@@]2(O)C[C@@H]1C2(C)C. The van der Waals surface area contributed by atoms with Crippen LogP contribution in [0.15, 0.2) is 12.2 Å². The first-order chi connectivity index (χ1) is 10.6. The minimum absolute atomic E-state index is 0.121. The van der Waals surface area contributed by atoms with Crippen molar-refractivity contribution in [2.45, 2.75) is 69.1 Å². The lowest BCUT2D eigenvalue weighted by Crippen LogP contribution is -2.68. The molecule has 0 radical (unpaired) electrons. The summed E-state index contributed by atoms with van der Waals surface area (Å²) in [7, 11) is 0. The maximum Gasteiger partial charge on any atom is 0.187 e. The summed E-state index contributed by atoms with van der Waals surface area (Å²) >= 11 is 0. The van der Waals surface area contributed by atoms with Gasteiger partial charge in [0.2, 0.25) is 0 Å². The summed E-state index contributed by atoms with van der Waals surface area (Å²) < 4.78 is 11.1. The van der Waals surface area contributed by atoms with E-state index in [4.69, 9.17) is 9.47 Å². The lowest BCUT2D eigenvalue weighted by Gasteiger charge is -2.65. The minimum Gasteiger partial charge on any atom is -0.394 e. The van der Waals surface area contributed by atoms with Crippen molar-refractivity contribution in [3.8, 4) is 0 Å². The van der Waals surface area contributed by atoms with E-state index in [0.717, 1.165) is 5.57 Å². The van der Waals surface area contributed by atoms with Crippen molar-refractivity contribution in [3.05, 3.63) is 12.2 Å². The average Bonchev–Trinajstić information content (AvgIpc) is 2.50. The van der Waals surface area contributed by atoms with Crippen molar-refractivity contribution in [2.24, 2.45) is 11.3 Å². The van der Waals surface area contributed by atoms with Crippen LogP contribution >= 0.6 is 0 Å². The fraction of sp³-hybridized carbons (Fsp3) is 0.875. The van der Waals surface area contributed by atoms with E-state index in [1.165, 1.54) is 0 Å². The van der Waals surface area contributed by atoms with Gasteiger partial charge in [-0.2, -0.15) is 0 Å². The van der Waals surface area contributed by atoms with Crippen LogP contribution in [0.1, 0.15) is 26.7 Å². The molecule has 1 heterocycles. The van der Waals surface area contributed by atoms with Crippen LogP contribution in [0.2, 0.25) is 0 Å². The summed E-state index contributed by atoms with van der Waals surface area (Å²) in [6, 6.07) is 0. The fourth-order valence-corrected chi connectivity index (χ4v) is 4.13. The fourth-order valence-electron chi connectivity index (χ4n) is 4.13. The van der Waals surface area contributed by atoms with E-state index in [-0.39, 0.29) is 11.3 Å². The standard InChI is InChI=1S/C16H26O7/c1-7-8-4-16(21,15(8,2)3)5-9(7)22-14-13(20)12(19)11(18)10(6-17)23-14/h8-14,17-21H,1,4-6H2,2-3H3/t8-,9-,10-,11-,12+,13-,14-,16-/m0/s1. The van der Waals surface area contributed by atoms with Gasteiger partial charge in [0.05, 0.1) is 18.3 Å². The first kappa shape index (κ1) is 17.3. The lowest BCUT2D eigenvalue weighted by molar-refractivity contribution is -0.322. The minimum atomic E-state index is -1.48. The second-order valence-corrected chi connectivity index (χ2v) is 7.61. The summed E-state index contributed by atoms with van der Waals surface area (Å²) in [6.07, 6.45) is -6.06. The summed E-state index contributed by atoms with van der Waals surface area (Å²) in [4.78, 5) is 0. The number of hydrogen-bond donors (Lipinski definition) is 5. The summed E-state index contributed by atoms with van der Waals surface area (Å²) in [5.41, 5.74) is -0.278. The van der Waals surface area contributed by atoms with Crippen LogP contribution in [0, 0.1) is 11.3 Å². The molecule has 3 aliphatic carbocycles. The Labute approximate surface area is 135 Å². The van der Waals surface area contributed by atoms with E-state index in [0.29, 0.717) is 12.8 Å². The predicted molar refractivity (Wildman–Crippen MR) is 79.2 cm³/mol. The molecule has 23 heavy (non-hydrogen) atoms. The molecule has 8 atom stereocenters. The van der Waals surface area contributed by atoms with Crippen LogP contribution in [-0.4, -0.2) is 74.6 Å². The van der Waals surface area contributed by atoms with Crippen LogP contribution in [0.5, 0.6) is 0 Å². The van der Waals surface area contributed by atoms with Gasteiger partial charge in [-0.25, -0.2) is 0 Å². The van der Waals surface area contributed by atoms with Crippen molar-refractivity contribution in [3.63, 3.8) is 0 Å². The molecule has 5 N–H and O–H groups in total. The molecule has 0 aromatic carbocycles. The van der Waals surface area contributed by atoms with Crippen molar-refractivity contribution in [1.29, 1.82) is 0 Å². The van der Waals surface area contributed by atoms with Gasteiger partial charge in [0.25, 0.3) is 0 Å². The quantitative estimate of drug-likeness (QED) is 0.417. The van der Waals surface area contributed by atoms with Gasteiger partial charge in [0.1, 0.15) is 24.4 Å². The highest BCUT2D eigenvalue weighted by Crippen LogP contribution is 2.64. The highest BCUT2D eigenvalue weighted by molar-refractivity contribution is 5.29. The third-order valence-electron chi connectivity index (χ3n) is 6.14. The van der Waals surface area contributed by atoms with E-state index in [2.05, 4.69) is 6.58 Å². The predicted octanol–water partition coefficient (Wildman–Crippen LogP) is -1.09. The van der Waals surface area contributed by atoms with Gasteiger partial charge < -0.3 is 35.0 Å². The molecule has 1 aliphatic heterocycles. The van der Waals surface area contributed by atoms with Gasteiger partial charge in [0.15, 0.2) is 6.29 Å². The van der Waals surface area contributed by atoms with Crippen LogP contribution in [0.25, 0.3) is 0 Å². The summed E-state index contributed by atoms with van der Waals surface area (Å²) in [5, 5.41) is 49.5. The third kappa shape index (κ3) is 2.38. The van der Waals surface area contributed by atoms with Crippen LogP contribution in [-0.2, 0) is 9.47 Å². The van der Waals surface area contributed by atoms with E-state index >= 15 is 0 Å². The smallest absolute Gasteiger partial charge is 0.187 e. The molecule has 132 valence electrons. The van der Waals surface area contributed by atoms with Crippen molar-refractivity contribution in [2.75, 3.05) is 6.61 Å². The zero-order valence-electron chi connectivity index (χ0n) is 13.4. The molecule has 7 nitrogen and oxygen atoms in total. The lowest BCUT2D eigenvalue weighted by atomic mass is 9.44. The van der Waals surface area contributed by atoms with Crippen molar-refractivity contribution >= 4 is 0 Å². The largest absolute Gasteiger partial charge is 0.394 e. The summed E-state index contributed by atoms with van der Waals surface area (Å²) in [5.74, 6) is 0.121. The highest BCUT2D eigenvalue weighted by atomic mass is 16.7. The van der Waals surface area contributed by atoms with Crippen molar-refractivity contribution < 1.29 is 35.0 Å². The van der Waals surface area contributed by atoms with Gasteiger partial charge in [-0.15, -0.1) is 0 Å². The molecular weight excluding hydrogens is 304 g/mol. The van der Waals surface area contributed by atoms with Crippen LogP contribution < -0.4 is 0 Å². The molecule has 0 unspecified atom stereocenters. The third-order valence-corrected chi connectivity index (χ3v) is 6.14. The molecule has 4 rings (SSSR count). The molecule has 0 aromatic heterocycles. The number of hydrogen-bond acceptors (Lipinski definition) is 7. The monoisotopic (exact) mass is 330 g/mol. The van der Waals surface area contributed by atoms with Gasteiger partial charge >= 0.3 is 0 Å². The van der Waals surface area contributed by atoms with Gasteiger partial charge in [-0.3, -0.25) is 0 Å². The highest BCUT2D eigenvalue weighted by Gasteiger charge is 2.65. The second-order valence-electron chi connectivity index (χ2n) is 7.61. The molecule has 1 saturated heterocycles. The second kappa shape index (κ2) is 5.49. The number of fused-ring (bicyclic) bond motifs is 2. The number of aliphatic hydroxyl groups excluding tert-OH is 4. The molecule has 0 amide bonds. The Bertz CT molecular complexity index is 491. The molecule has 7 heteroatoms. The van der Waals surface area contributed by atoms with E-state index in [1.54, 1.807) is 0 Å². The Balaban J connectivity index is 1.71. The van der Waals surface area contributed by atoms with E-state index in [1.807, 2.05) is 13.8 Å². The zero-order chi connectivity index (χ0) is 17.2. The normalized spacial score (nSPS) is 52.1. The van der Waals surface area contributed by atoms with Gasteiger partial charge in [-0.05, 0) is 17.9 Å². The molecule has 0 aromatic rings. The number of aliphatic hydroxyl groups is 5. The Hall–Kier alpha value is -0.540. The Morgan fingerprint density at radius 2 is 1.83 bits per heavy atom. The molecule has 4 aliphatic rings. The Kier molecular flexibility index (Phi) is 4.12. The first-order valence-corrected chi connectivity index (χ1v) is 7.99.